The lowest BCUT2D eigenvalue weighted by atomic mass is 9.72. The second kappa shape index (κ2) is 7.33. The van der Waals surface area contributed by atoms with E-state index in [4.69, 9.17) is 0 Å². The number of ketones is 6. The number of hydrogen-bond acceptors (Lipinski definition) is 6. The van der Waals surface area contributed by atoms with Gasteiger partial charge in [-0.15, -0.1) is 0 Å². The van der Waals surface area contributed by atoms with E-state index >= 15 is 0 Å². The molecule has 1 aliphatic carbocycles. The third kappa shape index (κ3) is 4.22. The molecule has 0 aromatic rings. The highest BCUT2D eigenvalue weighted by Crippen LogP contribution is 2.31. The molecule has 0 aliphatic heterocycles. The minimum absolute atomic E-state index is 0.151. The summed E-state index contributed by atoms with van der Waals surface area (Å²) in [7, 11) is 0. The molecule has 0 aromatic heterocycles. The Balaban J connectivity index is 3.28. The summed E-state index contributed by atoms with van der Waals surface area (Å²) in [6.45, 7) is 8.65. The molecule has 0 aromatic carbocycles. The summed E-state index contributed by atoms with van der Waals surface area (Å²) in [5.74, 6) is -2.81. The van der Waals surface area contributed by atoms with Crippen molar-refractivity contribution in [1.29, 1.82) is 0 Å². The van der Waals surface area contributed by atoms with Crippen LogP contribution in [0.4, 0.5) is 0 Å². The van der Waals surface area contributed by atoms with Crippen LogP contribution in [-0.2, 0) is 28.8 Å². The molecule has 1 rings (SSSR count). The molecule has 0 spiro atoms. The minimum Gasteiger partial charge on any atom is -0.299 e. The average molecular weight is 364 g/mol. The van der Waals surface area contributed by atoms with Gasteiger partial charge in [0, 0.05) is 25.7 Å². The second-order valence-electron chi connectivity index (χ2n) is 8.59. The van der Waals surface area contributed by atoms with Crippen LogP contribution in [0.1, 0.15) is 73.6 Å². The summed E-state index contributed by atoms with van der Waals surface area (Å²) >= 11 is 0. The number of hydrogen-bond donors (Lipinski definition) is 0. The highest BCUT2D eigenvalue weighted by Gasteiger charge is 2.43. The Hall–Kier alpha value is -1.98. The number of rotatable bonds is 0. The highest BCUT2D eigenvalue weighted by atomic mass is 16.2. The Morgan fingerprint density at radius 2 is 0.615 bits per heavy atom. The van der Waals surface area contributed by atoms with E-state index in [0.717, 1.165) is 0 Å². The second-order valence-corrected chi connectivity index (χ2v) is 8.59. The van der Waals surface area contributed by atoms with Crippen LogP contribution in [0.15, 0.2) is 0 Å². The van der Waals surface area contributed by atoms with Crippen LogP contribution in [0.5, 0.6) is 0 Å². The molecular formula is C20H28O6. The first-order valence-corrected chi connectivity index (χ1v) is 8.85. The monoisotopic (exact) mass is 364 g/mol. The predicted molar refractivity (Wildman–Crippen MR) is 94.5 cm³/mol. The van der Waals surface area contributed by atoms with Crippen molar-refractivity contribution in [3.8, 4) is 0 Å². The van der Waals surface area contributed by atoms with Crippen molar-refractivity contribution in [2.45, 2.75) is 73.6 Å². The first kappa shape index (κ1) is 22.1. The lowest BCUT2D eigenvalue weighted by Crippen LogP contribution is -2.42. The van der Waals surface area contributed by atoms with E-state index in [0.29, 0.717) is 0 Å². The van der Waals surface area contributed by atoms with Gasteiger partial charge in [-0.05, 0) is 41.5 Å². The summed E-state index contributed by atoms with van der Waals surface area (Å²) in [6, 6.07) is 0. The van der Waals surface area contributed by atoms with Crippen molar-refractivity contribution >= 4 is 34.7 Å². The average Bonchev–Trinajstić information content (AvgIpc) is 2.55. The number of carbonyl (C=O) groups excluding carboxylic acids is 6. The minimum atomic E-state index is -1.42. The maximum absolute atomic E-state index is 12.5. The van der Waals surface area contributed by atoms with E-state index in [9.17, 15) is 28.8 Å². The molecule has 0 radical (unpaired) electrons. The molecule has 26 heavy (non-hydrogen) atoms. The standard InChI is InChI=1S/C20H28O6/c1-18(2)12(21)7-9-14(23)19(3,4)16(25)11-17(26)20(5,6)15(24)10-8-13(18)22/h7-11H2,1-6H3. The van der Waals surface area contributed by atoms with Gasteiger partial charge in [0.2, 0.25) is 0 Å². The Morgan fingerprint density at radius 3 is 0.846 bits per heavy atom. The van der Waals surface area contributed by atoms with Crippen molar-refractivity contribution < 1.29 is 28.8 Å². The zero-order chi connectivity index (χ0) is 20.5. The molecule has 0 bridgehead atoms. The van der Waals surface area contributed by atoms with Crippen molar-refractivity contribution in [2.75, 3.05) is 0 Å². The fraction of sp³-hybridized carbons (Fsp3) is 0.700. The van der Waals surface area contributed by atoms with Gasteiger partial charge in [0.05, 0.1) is 22.7 Å². The maximum atomic E-state index is 12.5. The molecule has 1 saturated carbocycles. The van der Waals surface area contributed by atoms with Crippen LogP contribution in [0.3, 0.4) is 0 Å². The van der Waals surface area contributed by atoms with Gasteiger partial charge in [-0.1, -0.05) is 0 Å². The third-order valence-corrected chi connectivity index (χ3v) is 5.66. The fourth-order valence-corrected chi connectivity index (χ4v) is 2.76. The first-order valence-electron chi connectivity index (χ1n) is 8.85. The normalized spacial score (nSPS) is 25.2. The number of carbonyl (C=O) groups is 6. The lowest BCUT2D eigenvalue weighted by Gasteiger charge is -2.27. The molecule has 1 fully saturated rings. The molecule has 0 heterocycles. The van der Waals surface area contributed by atoms with Gasteiger partial charge in [-0.2, -0.15) is 0 Å². The summed E-state index contributed by atoms with van der Waals surface area (Å²) in [5, 5.41) is 0. The summed E-state index contributed by atoms with van der Waals surface area (Å²) in [6.07, 6.45) is -1.15. The fourth-order valence-electron chi connectivity index (χ4n) is 2.76. The van der Waals surface area contributed by atoms with Crippen LogP contribution in [-0.4, -0.2) is 34.7 Å². The smallest absolute Gasteiger partial charge is 0.153 e. The van der Waals surface area contributed by atoms with Crippen molar-refractivity contribution in [3.63, 3.8) is 0 Å². The Kier molecular flexibility index (Phi) is 6.22. The van der Waals surface area contributed by atoms with Gasteiger partial charge in [0.15, 0.2) is 11.6 Å². The largest absolute Gasteiger partial charge is 0.299 e. The molecule has 0 amide bonds. The number of Topliss-reactive ketones (excluding diaryl/α,β-unsaturated/α-hetero) is 6. The van der Waals surface area contributed by atoms with E-state index in [1.807, 2.05) is 0 Å². The highest BCUT2D eigenvalue weighted by molar-refractivity contribution is 6.18. The summed E-state index contributed by atoms with van der Waals surface area (Å²) in [5.41, 5.74) is -4.16. The maximum Gasteiger partial charge on any atom is 0.153 e. The van der Waals surface area contributed by atoms with Crippen molar-refractivity contribution in [2.24, 2.45) is 16.2 Å². The van der Waals surface area contributed by atoms with E-state index in [-0.39, 0.29) is 37.2 Å². The summed E-state index contributed by atoms with van der Waals surface area (Å²) in [4.78, 5) is 74.7. The molecule has 0 saturated heterocycles. The Labute approximate surface area is 154 Å². The van der Waals surface area contributed by atoms with E-state index in [2.05, 4.69) is 0 Å². The van der Waals surface area contributed by atoms with Gasteiger partial charge in [-0.3, -0.25) is 28.8 Å². The van der Waals surface area contributed by atoms with Gasteiger partial charge in [0.1, 0.15) is 23.1 Å². The summed E-state index contributed by atoms with van der Waals surface area (Å²) < 4.78 is 0. The molecule has 6 nitrogen and oxygen atoms in total. The molecule has 1 aliphatic rings. The Morgan fingerprint density at radius 1 is 0.423 bits per heavy atom. The van der Waals surface area contributed by atoms with Crippen LogP contribution in [0, 0.1) is 16.2 Å². The third-order valence-electron chi connectivity index (χ3n) is 5.66. The van der Waals surface area contributed by atoms with Gasteiger partial charge in [-0.25, -0.2) is 0 Å². The SMILES string of the molecule is CC1(C)C(=O)CCC(=O)C(C)(C)C(=O)CC(=O)C(C)(C)C(=O)CCC1=O. The Bertz CT molecular complexity index is 622. The van der Waals surface area contributed by atoms with Crippen molar-refractivity contribution in [3.05, 3.63) is 0 Å². The van der Waals surface area contributed by atoms with E-state index < -0.39 is 45.8 Å². The first-order chi connectivity index (χ1) is 11.6. The zero-order valence-electron chi connectivity index (χ0n) is 16.5. The quantitative estimate of drug-likeness (QED) is 0.612. The molecule has 6 heteroatoms. The van der Waals surface area contributed by atoms with E-state index in [1.54, 1.807) is 0 Å². The van der Waals surface area contributed by atoms with Gasteiger partial charge >= 0.3 is 0 Å². The molecule has 0 unspecified atom stereocenters. The topological polar surface area (TPSA) is 102 Å². The van der Waals surface area contributed by atoms with Crippen LogP contribution < -0.4 is 0 Å². The molecule has 0 atom stereocenters. The van der Waals surface area contributed by atoms with Crippen LogP contribution in [0.25, 0.3) is 0 Å². The van der Waals surface area contributed by atoms with Gasteiger partial charge < -0.3 is 0 Å². The predicted octanol–water partition coefficient (Wildman–Crippen LogP) is 2.44. The van der Waals surface area contributed by atoms with Crippen LogP contribution >= 0.6 is 0 Å². The van der Waals surface area contributed by atoms with Crippen molar-refractivity contribution in [1.82, 2.24) is 0 Å². The molecular weight excluding hydrogens is 336 g/mol. The molecule has 0 N–H and O–H groups in total. The zero-order valence-corrected chi connectivity index (χ0v) is 16.5. The van der Waals surface area contributed by atoms with Crippen LogP contribution in [0.2, 0.25) is 0 Å². The van der Waals surface area contributed by atoms with Gasteiger partial charge in [0.25, 0.3) is 0 Å². The molecule has 144 valence electrons. The lowest BCUT2D eigenvalue weighted by molar-refractivity contribution is -0.147. The van der Waals surface area contributed by atoms with E-state index in [1.165, 1.54) is 41.5 Å².